The van der Waals surface area contributed by atoms with Crippen LogP contribution in [-0.2, 0) is 14.8 Å². The Kier molecular flexibility index (Phi) is 3.75. The lowest BCUT2D eigenvalue weighted by molar-refractivity contribution is -0.121. The minimum Gasteiger partial charge on any atom is -0.399 e. The summed E-state index contributed by atoms with van der Waals surface area (Å²) in [5, 5.41) is 0. The third kappa shape index (κ3) is 2.38. The molecule has 1 amide bonds. The van der Waals surface area contributed by atoms with Gasteiger partial charge in [0.1, 0.15) is 6.04 Å². The van der Waals surface area contributed by atoms with E-state index in [-0.39, 0.29) is 4.90 Å². The molecular weight excluding hydrogens is 278 g/mol. The van der Waals surface area contributed by atoms with Gasteiger partial charge in [-0.15, -0.1) is 0 Å². The Labute approximate surface area is 118 Å². The molecule has 1 fully saturated rings. The largest absolute Gasteiger partial charge is 0.399 e. The molecular formula is C13H19N3O3S. The minimum atomic E-state index is -3.73. The molecule has 110 valence electrons. The van der Waals surface area contributed by atoms with Gasteiger partial charge in [0.15, 0.2) is 0 Å². The molecule has 1 aliphatic heterocycles. The Hall–Kier alpha value is -1.60. The van der Waals surface area contributed by atoms with Crippen molar-refractivity contribution < 1.29 is 13.2 Å². The van der Waals surface area contributed by atoms with Crippen LogP contribution in [0.1, 0.15) is 24.0 Å². The van der Waals surface area contributed by atoms with Crippen molar-refractivity contribution in [1.82, 2.24) is 4.31 Å². The number of amides is 1. The van der Waals surface area contributed by atoms with Gasteiger partial charge in [-0.2, -0.15) is 4.31 Å². The fourth-order valence-electron chi connectivity index (χ4n) is 2.82. The highest BCUT2D eigenvalue weighted by Gasteiger charge is 2.39. The maximum absolute atomic E-state index is 12.8. The Morgan fingerprint density at radius 1 is 1.30 bits per heavy atom. The Morgan fingerprint density at radius 3 is 2.35 bits per heavy atom. The van der Waals surface area contributed by atoms with Crippen molar-refractivity contribution in [2.45, 2.75) is 37.6 Å². The van der Waals surface area contributed by atoms with Gasteiger partial charge < -0.3 is 11.5 Å². The second-order valence-corrected chi connectivity index (χ2v) is 6.99. The van der Waals surface area contributed by atoms with Crippen LogP contribution in [0.15, 0.2) is 17.0 Å². The van der Waals surface area contributed by atoms with Crippen molar-refractivity contribution in [2.75, 3.05) is 12.3 Å². The van der Waals surface area contributed by atoms with Crippen molar-refractivity contribution in [3.05, 3.63) is 23.3 Å². The molecule has 20 heavy (non-hydrogen) atoms. The van der Waals surface area contributed by atoms with Crippen molar-refractivity contribution in [1.29, 1.82) is 0 Å². The molecule has 1 aromatic rings. The van der Waals surface area contributed by atoms with Crippen LogP contribution >= 0.6 is 0 Å². The van der Waals surface area contributed by atoms with E-state index in [9.17, 15) is 13.2 Å². The summed E-state index contributed by atoms with van der Waals surface area (Å²) in [7, 11) is -3.73. The zero-order chi connectivity index (χ0) is 15.1. The van der Waals surface area contributed by atoms with Crippen LogP contribution in [0.3, 0.4) is 0 Å². The van der Waals surface area contributed by atoms with Crippen molar-refractivity contribution in [3.63, 3.8) is 0 Å². The number of aryl methyl sites for hydroxylation is 2. The fraction of sp³-hybridized carbons (Fsp3) is 0.462. The van der Waals surface area contributed by atoms with Gasteiger partial charge in [-0.1, -0.05) is 0 Å². The predicted molar refractivity (Wildman–Crippen MR) is 76.4 cm³/mol. The average Bonchev–Trinajstić information content (AvgIpc) is 2.75. The highest BCUT2D eigenvalue weighted by Crippen LogP contribution is 2.30. The number of hydrogen-bond donors (Lipinski definition) is 2. The Morgan fingerprint density at radius 2 is 1.85 bits per heavy atom. The molecule has 1 aliphatic rings. The molecule has 4 N–H and O–H groups in total. The first-order valence-electron chi connectivity index (χ1n) is 6.43. The van der Waals surface area contributed by atoms with Crippen molar-refractivity contribution >= 4 is 21.6 Å². The summed E-state index contributed by atoms with van der Waals surface area (Å²) < 4.78 is 26.8. The van der Waals surface area contributed by atoms with Crippen LogP contribution in [0.2, 0.25) is 0 Å². The summed E-state index contributed by atoms with van der Waals surface area (Å²) in [6.45, 7) is 3.72. The molecule has 0 aliphatic carbocycles. The van der Waals surface area contributed by atoms with Gasteiger partial charge in [0.05, 0.1) is 4.90 Å². The Balaban J connectivity index is 2.54. The number of hydrogen-bond acceptors (Lipinski definition) is 4. The van der Waals surface area contributed by atoms with Gasteiger partial charge in [-0.25, -0.2) is 8.42 Å². The molecule has 6 nitrogen and oxygen atoms in total. The number of sulfonamides is 1. The van der Waals surface area contributed by atoms with Crippen LogP contribution in [0.25, 0.3) is 0 Å². The summed E-state index contributed by atoms with van der Waals surface area (Å²) in [6.07, 6.45) is 1.11. The summed E-state index contributed by atoms with van der Waals surface area (Å²) in [4.78, 5) is 11.6. The van der Waals surface area contributed by atoms with Gasteiger partial charge in [0, 0.05) is 12.2 Å². The summed E-state index contributed by atoms with van der Waals surface area (Å²) >= 11 is 0. The molecule has 2 rings (SSSR count). The van der Waals surface area contributed by atoms with E-state index in [0.29, 0.717) is 36.2 Å². The third-order valence-corrected chi connectivity index (χ3v) is 5.80. The number of rotatable bonds is 3. The first kappa shape index (κ1) is 14.8. The maximum Gasteiger partial charge on any atom is 0.244 e. The summed E-state index contributed by atoms with van der Waals surface area (Å²) in [5.74, 6) is -0.600. The molecule has 1 heterocycles. The number of anilines is 1. The normalized spacial score (nSPS) is 20.2. The molecule has 0 saturated carbocycles. The molecule has 1 unspecified atom stereocenters. The van der Waals surface area contributed by atoms with E-state index in [4.69, 9.17) is 11.5 Å². The minimum absolute atomic E-state index is 0.222. The van der Waals surface area contributed by atoms with E-state index in [0.717, 1.165) is 0 Å². The lowest BCUT2D eigenvalue weighted by Gasteiger charge is -2.23. The van der Waals surface area contributed by atoms with Gasteiger partial charge in [-0.3, -0.25) is 4.79 Å². The van der Waals surface area contributed by atoms with Gasteiger partial charge in [0.25, 0.3) is 0 Å². The molecule has 0 aromatic heterocycles. The van der Waals surface area contributed by atoms with Crippen LogP contribution < -0.4 is 11.5 Å². The van der Waals surface area contributed by atoms with E-state index in [1.807, 2.05) is 0 Å². The van der Waals surface area contributed by atoms with Gasteiger partial charge in [0.2, 0.25) is 15.9 Å². The lowest BCUT2D eigenvalue weighted by Crippen LogP contribution is -2.44. The fourth-order valence-corrected chi connectivity index (χ4v) is 4.90. The zero-order valence-electron chi connectivity index (χ0n) is 11.6. The summed E-state index contributed by atoms with van der Waals surface area (Å²) in [6, 6.07) is 2.49. The van der Waals surface area contributed by atoms with Crippen molar-refractivity contribution in [2.24, 2.45) is 5.73 Å². The van der Waals surface area contributed by atoms with E-state index in [1.165, 1.54) is 4.31 Å². The van der Waals surface area contributed by atoms with E-state index >= 15 is 0 Å². The number of benzene rings is 1. The Bertz CT molecular complexity index is 632. The predicted octanol–water partition coefficient (Wildman–Crippen LogP) is 0.524. The van der Waals surface area contributed by atoms with Crippen LogP contribution in [0.4, 0.5) is 5.69 Å². The molecule has 1 saturated heterocycles. The lowest BCUT2D eigenvalue weighted by atomic mass is 10.1. The topological polar surface area (TPSA) is 106 Å². The highest BCUT2D eigenvalue weighted by molar-refractivity contribution is 7.89. The number of nitrogen functional groups attached to an aromatic ring is 1. The quantitative estimate of drug-likeness (QED) is 0.793. The molecule has 1 atom stereocenters. The maximum atomic E-state index is 12.8. The molecule has 7 heteroatoms. The SMILES string of the molecule is Cc1cc(N)cc(C)c1S(=O)(=O)N1CCCC1C(N)=O. The van der Waals surface area contributed by atoms with Gasteiger partial charge in [-0.05, 0) is 49.9 Å². The van der Waals surface area contributed by atoms with Crippen LogP contribution in [0.5, 0.6) is 0 Å². The first-order valence-corrected chi connectivity index (χ1v) is 7.87. The number of nitrogens with zero attached hydrogens (tertiary/aromatic N) is 1. The standard InChI is InChI=1S/C13H19N3O3S/c1-8-6-10(14)7-9(2)12(8)20(18,19)16-5-3-4-11(16)13(15)17/h6-7,11H,3-5,14H2,1-2H3,(H2,15,17). The number of carbonyl (C=O) groups is 1. The zero-order valence-corrected chi connectivity index (χ0v) is 12.4. The van der Waals surface area contributed by atoms with Gasteiger partial charge >= 0.3 is 0 Å². The third-order valence-electron chi connectivity index (χ3n) is 3.58. The monoisotopic (exact) mass is 297 g/mol. The smallest absolute Gasteiger partial charge is 0.244 e. The molecule has 0 spiro atoms. The first-order chi connectivity index (χ1) is 9.25. The number of nitrogens with two attached hydrogens (primary N) is 2. The second kappa shape index (κ2) is 5.06. The second-order valence-electron chi connectivity index (χ2n) is 5.16. The number of carbonyl (C=O) groups excluding carboxylic acids is 1. The van der Waals surface area contributed by atoms with E-state index in [1.54, 1.807) is 26.0 Å². The molecule has 0 radical (unpaired) electrons. The van der Waals surface area contributed by atoms with E-state index in [2.05, 4.69) is 0 Å². The number of primary amides is 1. The average molecular weight is 297 g/mol. The van der Waals surface area contributed by atoms with Crippen LogP contribution in [0, 0.1) is 13.8 Å². The molecule has 1 aromatic carbocycles. The summed E-state index contributed by atoms with van der Waals surface area (Å²) in [5.41, 5.74) is 12.7. The van der Waals surface area contributed by atoms with Crippen molar-refractivity contribution in [3.8, 4) is 0 Å². The van der Waals surface area contributed by atoms with E-state index < -0.39 is 22.0 Å². The molecule has 0 bridgehead atoms. The van der Waals surface area contributed by atoms with Crippen LogP contribution in [-0.4, -0.2) is 31.2 Å². The highest BCUT2D eigenvalue weighted by atomic mass is 32.2.